The molecule has 1 heterocycles. The van der Waals surface area contributed by atoms with Crippen molar-refractivity contribution in [3.05, 3.63) is 71.7 Å². The number of allylic oxidation sites excluding steroid dienone is 1. The smallest absolute Gasteiger partial charge is 0.345 e. The minimum absolute atomic E-state index is 0.0177. The molecule has 0 saturated carbocycles. The first-order chi connectivity index (χ1) is 12.3. The van der Waals surface area contributed by atoms with Crippen LogP contribution in [0.5, 0.6) is 5.75 Å². The molecule has 0 spiro atoms. The maximum Gasteiger partial charge on any atom is 0.345 e. The van der Waals surface area contributed by atoms with E-state index < -0.39 is 21.9 Å². The molecule has 0 aromatic heterocycles. The van der Waals surface area contributed by atoms with E-state index in [1.807, 2.05) is 0 Å². The van der Waals surface area contributed by atoms with Crippen molar-refractivity contribution in [1.29, 1.82) is 0 Å². The van der Waals surface area contributed by atoms with Crippen LogP contribution in [0.3, 0.4) is 0 Å². The highest BCUT2D eigenvalue weighted by Crippen LogP contribution is 2.22. The van der Waals surface area contributed by atoms with Gasteiger partial charge in [-0.05, 0) is 42.5 Å². The maximum absolute atomic E-state index is 13.1. The van der Waals surface area contributed by atoms with E-state index in [1.165, 1.54) is 55.6 Å². The van der Waals surface area contributed by atoms with Crippen molar-refractivity contribution in [2.45, 2.75) is 0 Å². The second-order valence-electron chi connectivity index (χ2n) is 5.46. The van der Waals surface area contributed by atoms with Gasteiger partial charge in [-0.3, -0.25) is 4.79 Å². The molecule has 2 N–H and O–H groups in total. The van der Waals surface area contributed by atoms with E-state index in [4.69, 9.17) is 0 Å². The van der Waals surface area contributed by atoms with Gasteiger partial charge < -0.3 is 10.4 Å². The molecule has 2 aromatic carbocycles. The summed E-state index contributed by atoms with van der Waals surface area (Å²) in [5.41, 5.74) is 0.505. The number of hydrogen-bond acceptors (Lipinski definition) is 4. The molecular weight excluding hydrogens is 361 g/mol. The van der Waals surface area contributed by atoms with Crippen LogP contribution in [0.2, 0.25) is 0 Å². The number of phenols is 1. The standard InChI is InChI=1S/C17H14FN3O4S/c1-21-16(17(23)19-13-3-2-4-14(22)9-13)10-15(20-26(21,24)25)11-5-7-12(18)8-6-11/h2-10,22H,1H3,(H,19,23). The van der Waals surface area contributed by atoms with Crippen LogP contribution in [0.25, 0.3) is 0 Å². The van der Waals surface area contributed by atoms with Gasteiger partial charge in [-0.15, -0.1) is 4.40 Å². The van der Waals surface area contributed by atoms with Crippen LogP contribution >= 0.6 is 0 Å². The fourth-order valence-electron chi connectivity index (χ4n) is 2.30. The van der Waals surface area contributed by atoms with E-state index in [2.05, 4.69) is 9.71 Å². The first-order valence-corrected chi connectivity index (χ1v) is 8.83. The monoisotopic (exact) mass is 375 g/mol. The Morgan fingerprint density at radius 3 is 2.54 bits per heavy atom. The van der Waals surface area contributed by atoms with Crippen molar-refractivity contribution >= 4 is 27.5 Å². The highest BCUT2D eigenvalue weighted by atomic mass is 32.2. The zero-order valence-corrected chi connectivity index (χ0v) is 14.4. The lowest BCUT2D eigenvalue weighted by molar-refractivity contribution is -0.113. The molecule has 0 aliphatic carbocycles. The molecule has 134 valence electrons. The lowest BCUT2D eigenvalue weighted by Crippen LogP contribution is -2.35. The van der Waals surface area contributed by atoms with Crippen LogP contribution in [-0.4, -0.2) is 36.5 Å². The number of hydrogen-bond donors (Lipinski definition) is 2. The Kier molecular flexibility index (Phi) is 4.47. The average molecular weight is 375 g/mol. The zero-order valence-electron chi connectivity index (χ0n) is 13.5. The SMILES string of the molecule is CN1C(C(=O)Nc2cccc(O)c2)=CC(c2ccc(F)cc2)=NS1(=O)=O. The van der Waals surface area contributed by atoms with Crippen LogP contribution in [-0.2, 0) is 15.0 Å². The summed E-state index contributed by atoms with van der Waals surface area (Å²) in [5, 5.41) is 12.0. The number of nitrogens with zero attached hydrogens (tertiary/aromatic N) is 2. The van der Waals surface area contributed by atoms with Crippen LogP contribution in [0, 0.1) is 5.82 Å². The summed E-state index contributed by atoms with van der Waals surface area (Å²) in [6.45, 7) is 0. The zero-order chi connectivity index (χ0) is 18.9. The minimum atomic E-state index is -4.11. The molecule has 26 heavy (non-hydrogen) atoms. The Balaban J connectivity index is 1.97. The topological polar surface area (TPSA) is 99.1 Å². The van der Waals surface area contributed by atoms with E-state index >= 15 is 0 Å². The Bertz CT molecular complexity index is 1030. The number of halogens is 1. The van der Waals surface area contributed by atoms with Crippen molar-refractivity contribution in [2.75, 3.05) is 12.4 Å². The number of rotatable bonds is 3. The van der Waals surface area contributed by atoms with E-state index in [0.717, 1.165) is 4.31 Å². The molecule has 3 rings (SSSR count). The number of likely N-dealkylation sites (N-methyl/N-ethyl adjacent to an activating group) is 1. The largest absolute Gasteiger partial charge is 0.508 e. The lowest BCUT2D eigenvalue weighted by Gasteiger charge is -2.23. The van der Waals surface area contributed by atoms with Gasteiger partial charge >= 0.3 is 10.2 Å². The van der Waals surface area contributed by atoms with Crippen molar-refractivity contribution in [3.63, 3.8) is 0 Å². The number of carbonyl (C=O) groups is 1. The first kappa shape index (κ1) is 17.6. The summed E-state index contributed by atoms with van der Waals surface area (Å²) >= 11 is 0. The Morgan fingerprint density at radius 1 is 1.19 bits per heavy atom. The van der Waals surface area contributed by atoms with Crippen molar-refractivity contribution in [1.82, 2.24) is 4.31 Å². The van der Waals surface area contributed by atoms with Crippen molar-refractivity contribution < 1.29 is 22.7 Å². The Morgan fingerprint density at radius 2 is 1.88 bits per heavy atom. The van der Waals surface area contributed by atoms with Gasteiger partial charge in [0.25, 0.3) is 5.91 Å². The summed E-state index contributed by atoms with van der Waals surface area (Å²) in [6.07, 6.45) is 1.30. The molecule has 9 heteroatoms. The molecule has 0 bridgehead atoms. The van der Waals surface area contributed by atoms with E-state index in [1.54, 1.807) is 6.07 Å². The third kappa shape index (κ3) is 3.57. The molecule has 0 fully saturated rings. The highest BCUT2D eigenvalue weighted by molar-refractivity contribution is 7.88. The summed E-state index contributed by atoms with van der Waals surface area (Å²) in [6, 6.07) is 10.9. The third-order valence-electron chi connectivity index (χ3n) is 3.65. The normalized spacial score (nSPS) is 15.8. The van der Waals surface area contributed by atoms with Gasteiger partial charge in [0.15, 0.2) is 0 Å². The fraction of sp³-hybridized carbons (Fsp3) is 0.0588. The first-order valence-electron chi connectivity index (χ1n) is 7.43. The molecule has 1 aliphatic rings. The number of nitrogens with one attached hydrogen (secondary N) is 1. The number of carbonyl (C=O) groups excluding carboxylic acids is 1. The fourth-order valence-corrected chi connectivity index (χ4v) is 3.21. The molecule has 0 saturated heterocycles. The van der Waals surface area contributed by atoms with Gasteiger partial charge in [0.2, 0.25) is 0 Å². The van der Waals surface area contributed by atoms with E-state index in [0.29, 0.717) is 11.3 Å². The Labute approximate surface area is 149 Å². The summed E-state index contributed by atoms with van der Waals surface area (Å²) in [4.78, 5) is 12.5. The number of benzene rings is 2. The molecule has 0 unspecified atom stereocenters. The van der Waals surface area contributed by atoms with Crippen LogP contribution < -0.4 is 5.32 Å². The van der Waals surface area contributed by atoms with Crippen molar-refractivity contribution in [3.8, 4) is 5.75 Å². The Hall–Kier alpha value is -3.20. The predicted octanol–water partition coefficient (Wildman–Crippen LogP) is 2.03. The second kappa shape index (κ2) is 6.60. The minimum Gasteiger partial charge on any atom is -0.508 e. The van der Waals surface area contributed by atoms with Gasteiger partial charge in [-0.1, -0.05) is 6.07 Å². The quantitative estimate of drug-likeness (QED) is 0.857. The predicted molar refractivity (Wildman–Crippen MR) is 94.4 cm³/mol. The second-order valence-corrected chi connectivity index (χ2v) is 7.09. The van der Waals surface area contributed by atoms with Gasteiger partial charge in [0, 0.05) is 24.4 Å². The summed E-state index contributed by atoms with van der Waals surface area (Å²) in [7, 11) is -2.91. The lowest BCUT2D eigenvalue weighted by atomic mass is 10.1. The van der Waals surface area contributed by atoms with Crippen LogP contribution in [0.1, 0.15) is 5.56 Å². The molecular formula is C17H14FN3O4S. The number of anilines is 1. The maximum atomic E-state index is 13.1. The summed E-state index contributed by atoms with van der Waals surface area (Å²) < 4.78 is 42.0. The number of amides is 1. The summed E-state index contributed by atoms with van der Waals surface area (Å²) in [5.74, 6) is -1.22. The van der Waals surface area contributed by atoms with Crippen LogP contribution in [0.15, 0.2) is 64.7 Å². The van der Waals surface area contributed by atoms with E-state index in [-0.39, 0.29) is 17.2 Å². The molecule has 1 amide bonds. The van der Waals surface area contributed by atoms with Gasteiger partial charge in [0.05, 0.1) is 5.71 Å². The van der Waals surface area contributed by atoms with E-state index in [9.17, 15) is 22.7 Å². The molecule has 2 aromatic rings. The highest BCUT2D eigenvalue weighted by Gasteiger charge is 2.30. The third-order valence-corrected chi connectivity index (χ3v) is 4.97. The molecule has 7 nitrogen and oxygen atoms in total. The number of aromatic hydroxyl groups is 1. The van der Waals surface area contributed by atoms with Gasteiger partial charge in [0.1, 0.15) is 17.3 Å². The number of phenolic OH excluding ortho intramolecular Hbond substituents is 1. The average Bonchev–Trinajstić information content (AvgIpc) is 2.57. The molecule has 1 aliphatic heterocycles. The molecule has 0 radical (unpaired) electrons. The van der Waals surface area contributed by atoms with Gasteiger partial charge in [-0.2, -0.15) is 8.42 Å². The van der Waals surface area contributed by atoms with Gasteiger partial charge in [-0.25, -0.2) is 8.70 Å². The van der Waals surface area contributed by atoms with Crippen LogP contribution in [0.4, 0.5) is 10.1 Å². The molecule has 0 atom stereocenters. The van der Waals surface area contributed by atoms with Crippen molar-refractivity contribution in [2.24, 2.45) is 4.40 Å².